The van der Waals surface area contributed by atoms with Crippen LogP contribution in [0.3, 0.4) is 0 Å². The quantitative estimate of drug-likeness (QED) is 0.642. The molecule has 0 saturated carbocycles. The fraction of sp³-hybridized carbons (Fsp3) is 0.318. The third-order valence-corrected chi connectivity index (χ3v) is 4.42. The van der Waals surface area contributed by atoms with Crippen molar-refractivity contribution in [1.29, 1.82) is 0 Å². The van der Waals surface area contributed by atoms with Gasteiger partial charge in [-0.05, 0) is 56.2 Å². The van der Waals surface area contributed by atoms with Crippen LogP contribution in [0.2, 0.25) is 0 Å². The number of carbonyl (C=O) groups excluding carboxylic acids is 3. The van der Waals surface area contributed by atoms with Gasteiger partial charge in [0.05, 0.1) is 19.3 Å². The summed E-state index contributed by atoms with van der Waals surface area (Å²) in [5.41, 5.74) is 3.44. The maximum absolute atomic E-state index is 12.2. The van der Waals surface area contributed by atoms with E-state index in [1.54, 1.807) is 24.3 Å². The lowest BCUT2D eigenvalue weighted by Crippen LogP contribution is -2.37. The molecule has 160 valence electrons. The van der Waals surface area contributed by atoms with Crippen molar-refractivity contribution in [1.82, 2.24) is 5.32 Å². The van der Waals surface area contributed by atoms with E-state index in [9.17, 15) is 14.4 Å². The van der Waals surface area contributed by atoms with Gasteiger partial charge in [-0.1, -0.05) is 12.1 Å². The molecule has 0 bridgehead atoms. The van der Waals surface area contributed by atoms with Crippen LogP contribution in [0, 0.1) is 13.8 Å². The number of aryl methyl sites for hydroxylation is 1. The average molecular weight is 414 g/mol. The van der Waals surface area contributed by atoms with Gasteiger partial charge in [-0.25, -0.2) is 9.59 Å². The molecule has 2 rings (SSSR count). The average Bonchev–Trinajstić information content (AvgIpc) is 2.73. The van der Waals surface area contributed by atoms with Gasteiger partial charge in [0, 0.05) is 17.9 Å². The minimum atomic E-state index is -0.741. The lowest BCUT2D eigenvalue weighted by molar-refractivity contribution is -0.123. The molecule has 0 heterocycles. The van der Waals surface area contributed by atoms with E-state index >= 15 is 0 Å². The van der Waals surface area contributed by atoms with E-state index in [1.807, 2.05) is 26.8 Å². The normalized spacial score (nSPS) is 10.3. The molecule has 2 N–H and O–H groups in total. The summed E-state index contributed by atoms with van der Waals surface area (Å²) in [5, 5.41) is 4.74. The lowest BCUT2D eigenvalue weighted by Gasteiger charge is -2.12. The third kappa shape index (κ3) is 6.31. The predicted molar refractivity (Wildman–Crippen MR) is 112 cm³/mol. The highest BCUT2D eigenvalue weighted by Gasteiger charge is 2.15. The third-order valence-electron chi connectivity index (χ3n) is 4.42. The molecule has 0 atom stereocenters. The molecule has 8 heteroatoms. The smallest absolute Gasteiger partial charge is 0.338 e. The largest absolute Gasteiger partial charge is 0.496 e. The second kappa shape index (κ2) is 11.0. The number of imide groups is 1. The highest BCUT2D eigenvalue weighted by atomic mass is 16.5. The van der Waals surface area contributed by atoms with Gasteiger partial charge in [-0.2, -0.15) is 0 Å². The first-order chi connectivity index (χ1) is 14.3. The van der Waals surface area contributed by atoms with Gasteiger partial charge >= 0.3 is 12.0 Å². The number of ether oxygens (including phenoxy) is 3. The molecule has 0 spiro atoms. The van der Waals surface area contributed by atoms with Crippen LogP contribution < -0.4 is 15.4 Å². The second-order valence-electron chi connectivity index (χ2n) is 6.49. The van der Waals surface area contributed by atoms with Gasteiger partial charge in [0.1, 0.15) is 5.75 Å². The molecule has 2 aromatic carbocycles. The number of rotatable bonds is 8. The maximum atomic E-state index is 12.2. The first kappa shape index (κ1) is 22.9. The molecule has 0 radical (unpaired) electrons. The van der Waals surface area contributed by atoms with Crippen molar-refractivity contribution in [3.8, 4) is 5.75 Å². The lowest BCUT2D eigenvalue weighted by atomic mass is 10.1. The molecular formula is C22H26N2O6. The van der Waals surface area contributed by atoms with Gasteiger partial charge in [0.15, 0.2) is 6.61 Å². The van der Waals surface area contributed by atoms with E-state index in [4.69, 9.17) is 14.2 Å². The Morgan fingerprint density at radius 2 is 1.83 bits per heavy atom. The molecule has 0 fully saturated rings. The molecule has 2 aromatic rings. The summed E-state index contributed by atoms with van der Waals surface area (Å²) < 4.78 is 15.6. The zero-order valence-corrected chi connectivity index (χ0v) is 17.5. The molecule has 30 heavy (non-hydrogen) atoms. The van der Waals surface area contributed by atoms with Gasteiger partial charge in [0.2, 0.25) is 0 Å². The summed E-state index contributed by atoms with van der Waals surface area (Å²) in [6.07, 6.45) is 0. The number of hydrogen-bond acceptors (Lipinski definition) is 6. The van der Waals surface area contributed by atoms with Crippen LogP contribution in [0.4, 0.5) is 10.5 Å². The van der Waals surface area contributed by atoms with Gasteiger partial charge in [-0.3, -0.25) is 10.1 Å². The molecule has 0 aromatic heterocycles. The van der Waals surface area contributed by atoms with E-state index in [1.165, 1.54) is 13.2 Å². The number of esters is 1. The van der Waals surface area contributed by atoms with Crippen LogP contribution in [-0.2, 0) is 20.9 Å². The van der Waals surface area contributed by atoms with Crippen molar-refractivity contribution < 1.29 is 28.6 Å². The van der Waals surface area contributed by atoms with E-state index in [2.05, 4.69) is 10.6 Å². The van der Waals surface area contributed by atoms with Crippen molar-refractivity contribution in [2.45, 2.75) is 27.4 Å². The summed E-state index contributed by atoms with van der Waals surface area (Å²) in [5.74, 6) is -0.851. The van der Waals surface area contributed by atoms with E-state index in [-0.39, 0.29) is 12.2 Å². The molecule has 3 amide bonds. The van der Waals surface area contributed by atoms with Crippen LogP contribution in [0.1, 0.15) is 34.0 Å². The predicted octanol–water partition coefficient (Wildman–Crippen LogP) is 3.35. The summed E-state index contributed by atoms with van der Waals surface area (Å²) in [6.45, 7) is 5.85. The molecule has 0 saturated heterocycles. The fourth-order valence-electron chi connectivity index (χ4n) is 2.65. The van der Waals surface area contributed by atoms with Crippen LogP contribution in [-0.4, -0.2) is 38.2 Å². The second-order valence-corrected chi connectivity index (χ2v) is 6.49. The number of urea groups is 1. The highest BCUT2D eigenvalue weighted by molar-refractivity contribution is 6.02. The first-order valence-electron chi connectivity index (χ1n) is 9.44. The number of benzene rings is 2. The highest BCUT2D eigenvalue weighted by Crippen LogP contribution is 2.21. The van der Waals surface area contributed by atoms with Crippen LogP contribution in [0.15, 0.2) is 36.4 Å². The topological polar surface area (TPSA) is 103 Å². The van der Waals surface area contributed by atoms with Gasteiger partial charge in [-0.15, -0.1) is 0 Å². The SMILES string of the molecule is CCOCc1cc(C(=O)OCC(=O)NC(=O)Nc2cccc(C)c2C)ccc1OC. The summed E-state index contributed by atoms with van der Waals surface area (Å²) in [6, 6.07) is 9.49. The Morgan fingerprint density at radius 1 is 1.07 bits per heavy atom. The number of anilines is 1. The monoisotopic (exact) mass is 414 g/mol. The Balaban J connectivity index is 1.90. The molecule has 0 aliphatic carbocycles. The summed E-state index contributed by atoms with van der Waals surface area (Å²) in [7, 11) is 1.52. The first-order valence-corrected chi connectivity index (χ1v) is 9.44. The maximum Gasteiger partial charge on any atom is 0.338 e. The number of nitrogens with one attached hydrogen (secondary N) is 2. The Hall–Kier alpha value is -3.39. The van der Waals surface area contributed by atoms with E-state index in [0.717, 1.165) is 11.1 Å². The van der Waals surface area contributed by atoms with Crippen molar-refractivity contribution in [2.75, 3.05) is 25.6 Å². The minimum absolute atomic E-state index is 0.248. The molecule has 8 nitrogen and oxygen atoms in total. The molecular weight excluding hydrogens is 388 g/mol. The van der Waals surface area contributed by atoms with Crippen LogP contribution >= 0.6 is 0 Å². The number of methoxy groups -OCH3 is 1. The van der Waals surface area contributed by atoms with Crippen molar-refractivity contribution in [3.63, 3.8) is 0 Å². The molecule has 0 aliphatic heterocycles. The Kier molecular flexibility index (Phi) is 8.37. The van der Waals surface area contributed by atoms with E-state index < -0.39 is 24.5 Å². The zero-order chi connectivity index (χ0) is 22.1. The fourth-order valence-corrected chi connectivity index (χ4v) is 2.65. The summed E-state index contributed by atoms with van der Waals surface area (Å²) in [4.78, 5) is 36.2. The van der Waals surface area contributed by atoms with E-state index in [0.29, 0.717) is 23.6 Å². The summed E-state index contributed by atoms with van der Waals surface area (Å²) >= 11 is 0. The van der Waals surface area contributed by atoms with Crippen molar-refractivity contribution in [2.24, 2.45) is 0 Å². The van der Waals surface area contributed by atoms with Gasteiger partial charge < -0.3 is 19.5 Å². The Labute approximate surface area is 175 Å². The zero-order valence-electron chi connectivity index (χ0n) is 17.5. The van der Waals surface area contributed by atoms with Crippen molar-refractivity contribution >= 4 is 23.6 Å². The van der Waals surface area contributed by atoms with Crippen molar-refractivity contribution in [3.05, 3.63) is 58.7 Å². The Bertz CT molecular complexity index is 926. The molecule has 0 aliphatic rings. The number of carbonyl (C=O) groups is 3. The Morgan fingerprint density at radius 3 is 2.53 bits per heavy atom. The van der Waals surface area contributed by atoms with Gasteiger partial charge in [0.25, 0.3) is 5.91 Å². The van der Waals surface area contributed by atoms with Crippen LogP contribution in [0.25, 0.3) is 0 Å². The minimum Gasteiger partial charge on any atom is -0.496 e. The molecule has 0 unspecified atom stereocenters. The van der Waals surface area contributed by atoms with Crippen LogP contribution in [0.5, 0.6) is 5.75 Å². The standard InChI is InChI=1S/C22H26N2O6/c1-5-29-12-17-11-16(9-10-19(17)28-4)21(26)30-13-20(25)24-22(27)23-18-8-6-7-14(2)15(18)3/h6-11H,5,12-13H2,1-4H3,(H2,23,24,25,27). The number of hydrogen-bond donors (Lipinski definition) is 2. The number of amides is 3.